The average molecular weight is 395 g/mol. The maximum atomic E-state index is 12.6. The molecule has 0 spiro atoms. The quantitative estimate of drug-likeness (QED) is 0.575. The summed E-state index contributed by atoms with van der Waals surface area (Å²) in [7, 11) is 1.33. The van der Waals surface area contributed by atoms with Crippen molar-refractivity contribution >= 4 is 23.4 Å². The van der Waals surface area contributed by atoms with Crippen LogP contribution >= 0.6 is 11.8 Å². The molecule has 0 bridgehead atoms. The van der Waals surface area contributed by atoms with Crippen molar-refractivity contribution < 1.29 is 9.21 Å². The number of nitrogens with zero attached hydrogens (tertiary/aromatic N) is 4. The molecule has 2 aromatic heterocycles. The molecule has 0 aliphatic rings. The monoisotopic (exact) mass is 395 g/mol. The molecule has 0 saturated heterocycles. The molecule has 0 atom stereocenters. The van der Waals surface area contributed by atoms with Crippen LogP contribution in [-0.4, -0.2) is 30.9 Å². The van der Waals surface area contributed by atoms with E-state index in [0.29, 0.717) is 12.4 Å². The van der Waals surface area contributed by atoms with Crippen molar-refractivity contribution in [2.24, 2.45) is 13.0 Å². The van der Waals surface area contributed by atoms with E-state index in [-0.39, 0.29) is 33.7 Å². The number of thioether (sulfide) groups is 1. The Labute approximate surface area is 161 Å². The number of rotatable bonds is 6. The molecule has 0 saturated carbocycles. The standard InChI is InChI=1S/C17H25N5O4S/c1-9(2)7-22-12(18)11(13(24)21(6)16(22)25)10(23)8-27-15-20-19-14(26-15)17(3,4)5/h9H,7-8,18H2,1-6H3. The summed E-state index contributed by atoms with van der Waals surface area (Å²) in [4.78, 5) is 37.4. The van der Waals surface area contributed by atoms with Gasteiger partial charge in [0, 0.05) is 19.0 Å². The Balaban J connectivity index is 2.31. The van der Waals surface area contributed by atoms with Crippen LogP contribution < -0.4 is 17.0 Å². The first-order valence-electron chi connectivity index (χ1n) is 8.52. The van der Waals surface area contributed by atoms with E-state index in [1.54, 1.807) is 0 Å². The van der Waals surface area contributed by atoms with Crippen molar-refractivity contribution in [3.05, 3.63) is 32.3 Å². The van der Waals surface area contributed by atoms with Gasteiger partial charge in [-0.25, -0.2) is 4.79 Å². The summed E-state index contributed by atoms with van der Waals surface area (Å²) >= 11 is 1.03. The molecule has 2 aromatic rings. The van der Waals surface area contributed by atoms with Gasteiger partial charge in [0.05, 0.1) is 5.75 Å². The van der Waals surface area contributed by atoms with Gasteiger partial charge in [0.1, 0.15) is 11.4 Å². The first-order valence-corrected chi connectivity index (χ1v) is 9.51. The van der Waals surface area contributed by atoms with Crippen molar-refractivity contribution in [3.63, 3.8) is 0 Å². The zero-order valence-electron chi connectivity index (χ0n) is 16.4. The van der Waals surface area contributed by atoms with Crippen molar-refractivity contribution in [2.45, 2.75) is 51.8 Å². The average Bonchev–Trinajstić information content (AvgIpc) is 3.04. The maximum absolute atomic E-state index is 12.6. The Hall–Kier alpha value is -2.36. The summed E-state index contributed by atoms with van der Waals surface area (Å²) in [5.41, 5.74) is 4.26. The summed E-state index contributed by atoms with van der Waals surface area (Å²) < 4.78 is 7.69. The normalized spacial score (nSPS) is 12.0. The maximum Gasteiger partial charge on any atom is 0.332 e. The van der Waals surface area contributed by atoms with Gasteiger partial charge in [0.2, 0.25) is 5.89 Å². The molecule has 0 fully saturated rings. The molecule has 2 N–H and O–H groups in total. The van der Waals surface area contributed by atoms with Gasteiger partial charge in [-0.2, -0.15) is 0 Å². The van der Waals surface area contributed by atoms with E-state index in [1.807, 2.05) is 34.6 Å². The Bertz CT molecular complexity index is 965. The number of hydrogen-bond acceptors (Lipinski definition) is 8. The largest absolute Gasteiger partial charge is 0.415 e. The lowest BCUT2D eigenvalue weighted by Gasteiger charge is -2.15. The summed E-state index contributed by atoms with van der Waals surface area (Å²) in [6, 6.07) is 0. The van der Waals surface area contributed by atoms with Crippen LogP contribution in [0.25, 0.3) is 0 Å². The third kappa shape index (κ3) is 4.49. The van der Waals surface area contributed by atoms with Gasteiger partial charge in [-0.15, -0.1) is 10.2 Å². The number of ketones is 1. The molecule has 2 heterocycles. The smallest absolute Gasteiger partial charge is 0.332 e. The topological polar surface area (TPSA) is 126 Å². The Kier molecular flexibility index (Phi) is 5.98. The zero-order valence-corrected chi connectivity index (χ0v) is 17.2. The van der Waals surface area contributed by atoms with Crippen LogP contribution in [0.2, 0.25) is 0 Å². The highest BCUT2D eigenvalue weighted by molar-refractivity contribution is 7.99. The second-order valence-electron chi connectivity index (χ2n) is 7.75. The van der Waals surface area contributed by atoms with Gasteiger partial charge in [-0.05, 0) is 5.92 Å². The second kappa shape index (κ2) is 7.71. The van der Waals surface area contributed by atoms with Crippen molar-refractivity contribution in [2.75, 3.05) is 11.5 Å². The van der Waals surface area contributed by atoms with Crippen molar-refractivity contribution in [1.82, 2.24) is 19.3 Å². The minimum Gasteiger partial charge on any atom is -0.415 e. The van der Waals surface area contributed by atoms with Crippen molar-refractivity contribution in [3.8, 4) is 0 Å². The molecular formula is C17H25N5O4S. The summed E-state index contributed by atoms with van der Waals surface area (Å²) in [6.45, 7) is 9.94. The minimum atomic E-state index is -0.705. The van der Waals surface area contributed by atoms with Crippen LogP contribution in [0.4, 0.5) is 5.82 Å². The van der Waals surface area contributed by atoms with Gasteiger partial charge in [-0.3, -0.25) is 18.7 Å². The van der Waals surface area contributed by atoms with Crippen LogP contribution in [0.3, 0.4) is 0 Å². The lowest BCUT2D eigenvalue weighted by molar-refractivity contribution is 0.102. The third-order valence-electron chi connectivity index (χ3n) is 3.78. The Morgan fingerprint density at radius 1 is 1.26 bits per heavy atom. The zero-order chi connectivity index (χ0) is 20.5. The molecule has 0 aliphatic carbocycles. The SMILES string of the molecule is CC(C)Cn1c(N)c(C(=O)CSc2nnc(C(C)(C)C)o2)c(=O)n(C)c1=O. The predicted octanol–water partition coefficient (Wildman–Crippen LogP) is 1.44. The van der Waals surface area contributed by atoms with Gasteiger partial charge in [0.15, 0.2) is 5.78 Å². The van der Waals surface area contributed by atoms with Crippen LogP contribution in [0.1, 0.15) is 50.9 Å². The molecule has 27 heavy (non-hydrogen) atoms. The van der Waals surface area contributed by atoms with Crippen molar-refractivity contribution in [1.29, 1.82) is 0 Å². The third-order valence-corrected chi connectivity index (χ3v) is 4.60. The molecule has 10 heteroatoms. The fraction of sp³-hybridized carbons (Fsp3) is 0.588. The first kappa shape index (κ1) is 20.9. The Morgan fingerprint density at radius 2 is 1.89 bits per heavy atom. The first-order chi connectivity index (χ1) is 12.4. The number of Topliss-reactive ketones (excluding diaryl/α,β-unsaturated/α-hetero) is 1. The molecular weight excluding hydrogens is 370 g/mol. The molecule has 0 radical (unpaired) electrons. The van der Waals surface area contributed by atoms with E-state index in [0.717, 1.165) is 16.3 Å². The highest BCUT2D eigenvalue weighted by Gasteiger charge is 2.24. The summed E-state index contributed by atoms with van der Waals surface area (Å²) in [5.74, 6) is -0.132. The van der Waals surface area contributed by atoms with E-state index in [1.165, 1.54) is 11.6 Å². The number of carbonyl (C=O) groups is 1. The predicted molar refractivity (Wildman–Crippen MR) is 103 cm³/mol. The number of anilines is 1. The molecule has 148 valence electrons. The molecule has 0 amide bonds. The van der Waals surface area contributed by atoms with Crippen LogP contribution in [0, 0.1) is 5.92 Å². The van der Waals surface area contributed by atoms with E-state index >= 15 is 0 Å². The summed E-state index contributed by atoms with van der Waals surface area (Å²) in [6.07, 6.45) is 0. The van der Waals surface area contributed by atoms with Gasteiger partial charge >= 0.3 is 5.69 Å². The molecule has 0 unspecified atom stereocenters. The van der Waals surface area contributed by atoms with E-state index < -0.39 is 17.0 Å². The van der Waals surface area contributed by atoms with E-state index in [9.17, 15) is 14.4 Å². The molecule has 2 rings (SSSR count). The molecule has 9 nitrogen and oxygen atoms in total. The minimum absolute atomic E-state index is 0.106. The number of hydrogen-bond donors (Lipinski definition) is 1. The highest BCUT2D eigenvalue weighted by Crippen LogP contribution is 2.25. The number of aromatic nitrogens is 4. The number of nitrogens with two attached hydrogens (primary N) is 1. The fourth-order valence-electron chi connectivity index (χ4n) is 2.36. The van der Waals surface area contributed by atoms with E-state index in [2.05, 4.69) is 10.2 Å². The van der Waals surface area contributed by atoms with E-state index in [4.69, 9.17) is 10.2 Å². The Morgan fingerprint density at radius 3 is 2.41 bits per heavy atom. The van der Waals surface area contributed by atoms with Crippen LogP contribution in [-0.2, 0) is 19.0 Å². The molecule has 0 aliphatic heterocycles. The van der Waals surface area contributed by atoms with Gasteiger partial charge < -0.3 is 10.2 Å². The lowest BCUT2D eigenvalue weighted by atomic mass is 9.97. The van der Waals surface area contributed by atoms with Gasteiger partial charge in [-0.1, -0.05) is 46.4 Å². The number of nitrogen functional groups attached to an aromatic ring is 1. The summed E-state index contributed by atoms with van der Waals surface area (Å²) in [5, 5.41) is 8.10. The highest BCUT2D eigenvalue weighted by atomic mass is 32.2. The second-order valence-corrected chi connectivity index (χ2v) is 8.67. The lowest BCUT2D eigenvalue weighted by Crippen LogP contribution is -2.43. The van der Waals surface area contributed by atoms with Gasteiger partial charge in [0.25, 0.3) is 10.8 Å². The number of carbonyl (C=O) groups excluding carboxylic acids is 1. The molecule has 0 aromatic carbocycles. The van der Waals surface area contributed by atoms with Crippen LogP contribution in [0.15, 0.2) is 19.2 Å². The fourth-order valence-corrected chi connectivity index (χ4v) is 2.99. The van der Waals surface area contributed by atoms with Crippen LogP contribution in [0.5, 0.6) is 0 Å².